The Hall–Kier alpha value is -1.53. The quantitative estimate of drug-likeness (QED) is 0.878. The third kappa shape index (κ3) is 2.74. The highest BCUT2D eigenvalue weighted by Crippen LogP contribution is 2.25. The first-order valence-corrected chi connectivity index (χ1v) is 6.10. The highest BCUT2D eigenvalue weighted by molar-refractivity contribution is 5.97. The molecule has 2 N–H and O–H groups in total. The largest absolute Gasteiger partial charge is 0.368 e. The molecule has 1 amide bonds. The minimum Gasteiger partial charge on any atom is -0.368 e. The summed E-state index contributed by atoms with van der Waals surface area (Å²) < 4.78 is 31.9. The number of amides is 1. The number of piperidine rings is 1. The molecule has 104 valence electrons. The zero-order chi connectivity index (χ0) is 13.9. The Morgan fingerprint density at radius 3 is 2.68 bits per heavy atom. The van der Waals surface area contributed by atoms with Gasteiger partial charge >= 0.3 is 0 Å². The average molecular weight is 270 g/mol. The molecule has 1 heterocycles. The van der Waals surface area contributed by atoms with E-state index in [1.807, 2.05) is 0 Å². The molecule has 6 heteroatoms. The number of nitrogens with one attached hydrogen (secondary N) is 2. The molecule has 0 spiro atoms. The Morgan fingerprint density at radius 2 is 2.05 bits per heavy atom. The van der Waals surface area contributed by atoms with E-state index >= 15 is 0 Å². The Balaban J connectivity index is 2.17. The maximum absolute atomic E-state index is 13.5. The molecule has 0 aromatic heterocycles. The number of carbonyl (C=O) groups excluding carboxylic acids is 1. The summed E-state index contributed by atoms with van der Waals surface area (Å²) in [5, 5.41) is 5.52. The van der Waals surface area contributed by atoms with Crippen LogP contribution in [0.2, 0.25) is 0 Å². The van der Waals surface area contributed by atoms with Crippen LogP contribution in [-0.2, 0) is 9.53 Å². The van der Waals surface area contributed by atoms with Gasteiger partial charge in [-0.2, -0.15) is 0 Å². The highest BCUT2D eigenvalue weighted by atomic mass is 19.2. The molecular formula is C13H16F2N2O2. The van der Waals surface area contributed by atoms with Gasteiger partial charge < -0.3 is 15.4 Å². The van der Waals surface area contributed by atoms with E-state index in [-0.39, 0.29) is 5.69 Å². The van der Waals surface area contributed by atoms with Crippen LogP contribution in [0.25, 0.3) is 0 Å². The lowest BCUT2D eigenvalue weighted by Crippen LogP contribution is -2.51. The van der Waals surface area contributed by atoms with Crippen LogP contribution < -0.4 is 10.6 Å². The number of halogens is 2. The maximum atomic E-state index is 13.5. The molecule has 1 aromatic carbocycles. The van der Waals surface area contributed by atoms with E-state index < -0.39 is 23.1 Å². The Morgan fingerprint density at radius 1 is 1.37 bits per heavy atom. The van der Waals surface area contributed by atoms with Crippen molar-refractivity contribution in [1.82, 2.24) is 5.32 Å². The van der Waals surface area contributed by atoms with Crippen LogP contribution in [0.15, 0.2) is 18.2 Å². The standard InChI is InChI=1S/C13H16F2N2O2/c1-19-13(5-7-16-8-6-13)12(18)17-10-4-2-3-9(14)11(10)15/h2-4,16H,5-8H2,1H3,(H,17,18). The molecule has 1 aliphatic rings. The number of anilines is 1. The molecule has 1 aromatic rings. The van der Waals surface area contributed by atoms with Gasteiger partial charge in [0.2, 0.25) is 0 Å². The number of benzene rings is 1. The van der Waals surface area contributed by atoms with E-state index in [0.29, 0.717) is 25.9 Å². The second-order valence-electron chi connectivity index (χ2n) is 4.50. The number of hydrogen-bond acceptors (Lipinski definition) is 3. The SMILES string of the molecule is COC1(C(=O)Nc2cccc(F)c2F)CCNCC1. The van der Waals surface area contributed by atoms with E-state index in [0.717, 1.165) is 6.07 Å². The highest BCUT2D eigenvalue weighted by Gasteiger charge is 2.40. The molecule has 1 aliphatic heterocycles. The predicted molar refractivity (Wildman–Crippen MR) is 66.8 cm³/mol. The molecule has 0 aliphatic carbocycles. The Bertz CT molecular complexity index is 474. The fourth-order valence-corrected chi connectivity index (χ4v) is 2.19. The van der Waals surface area contributed by atoms with Crippen molar-refractivity contribution in [2.24, 2.45) is 0 Å². The maximum Gasteiger partial charge on any atom is 0.256 e. The van der Waals surface area contributed by atoms with Crippen LogP contribution in [0.1, 0.15) is 12.8 Å². The van der Waals surface area contributed by atoms with Gasteiger partial charge in [-0.15, -0.1) is 0 Å². The summed E-state index contributed by atoms with van der Waals surface area (Å²) >= 11 is 0. The molecule has 0 bridgehead atoms. The minimum atomic E-state index is -1.06. The summed E-state index contributed by atoms with van der Waals surface area (Å²) in [6.07, 6.45) is 0.985. The summed E-state index contributed by atoms with van der Waals surface area (Å²) in [6.45, 7) is 1.29. The monoisotopic (exact) mass is 270 g/mol. The lowest BCUT2D eigenvalue weighted by Gasteiger charge is -2.34. The number of methoxy groups -OCH3 is 1. The first kappa shape index (κ1) is 13.9. The summed E-state index contributed by atoms with van der Waals surface area (Å²) in [5.74, 6) is -2.49. The van der Waals surface area contributed by atoms with Crippen LogP contribution in [0.4, 0.5) is 14.5 Å². The fraction of sp³-hybridized carbons (Fsp3) is 0.462. The summed E-state index contributed by atoms with van der Waals surface area (Å²) in [6, 6.07) is 3.66. The van der Waals surface area contributed by atoms with Gasteiger partial charge in [-0.1, -0.05) is 6.07 Å². The van der Waals surface area contributed by atoms with Crippen molar-refractivity contribution in [3.63, 3.8) is 0 Å². The predicted octanol–water partition coefficient (Wildman–Crippen LogP) is 1.67. The lowest BCUT2D eigenvalue weighted by molar-refractivity contribution is -0.140. The average Bonchev–Trinajstić information content (AvgIpc) is 2.44. The van der Waals surface area contributed by atoms with E-state index in [1.165, 1.54) is 19.2 Å². The summed E-state index contributed by atoms with van der Waals surface area (Å²) in [7, 11) is 1.45. The van der Waals surface area contributed by atoms with Crippen molar-refractivity contribution in [1.29, 1.82) is 0 Å². The van der Waals surface area contributed by atoms with E-state index in [2.05, 4.69) is 10.6 Å². The van der Waals surface area contributed by atoms with Gasteiger partial charge in [-0.05, 0) is 38.1 Å². The van der Waals surface area contributed by atoms with Crippen molar-refractivity contribution in [3.8, 4) is 0 Å². The van der Waals surface area contributed by atoms with Gasteiger partial charge in [0.1, 0.15) is 5.60 Å². The van der Waals surface area contributed by atoms with Crippen LogP contribution in [0, 0.1) is 11.6 Å². The van der Waals surface area contributed by atoms with Crippen LogP contribution in [0.3, 0.4) is 0 Å². The summed E-state index contributed by atoms with van der Waals surface area (Å²) in [4.78, 5) is 12.2. The second kappa shape index (κ2) is 5.63. The minimum absolute atomic E-state index is 0.167. The normalized spacial score (nSPS) is 18.1. The van der Waals surface area contributed by atoms with Gasteiger partial charge in [0.15, 0.2) is 11.6 Å². The first-order chi connectivity index (χ1) is 9.09. The molecular weight excluding hydrogens is 254 g/mol. The molecule has 0 saturated carbocycles. The fourth-order valence-electron chi connectivity index (χ4n) is 2.19. The Kier molecular flexibility index (Phi) is 4.11. The van der Waals surface area contributed by atoms with Gasteiger partial charge in [0.25, 0.3) is 5.91 Å². The van der Waals surface area contributed by atoms with Crippen LogP contribution >= 0.6 is 0 Å². The smallest absolute Gasteiger partial charge is 0.256 e. The molecule has 1 saturated heterocycles. The zero-order valence-electron chi connectivity index (χ0n) is 10.6. The molecule has 4 nitrogen and oxygen atoms in total. The second-order valence-corrected chi connectivity index (χ2v) is 4.50. The molecule has 0 radical (unpaired) electrons. The molecule has 1 fully saturated rings. The third-order valence-electron chi connectivity index (χ3n) is 3.42. The van der Waals surface area contributed by atoms with Crippen LogP contribution in [-0.4, -0.2) is 31.7 Å². The van der Waals surface area contributed by atoms with E-state index in [4.69, 9.17) is 4.74 Å². The molecule has 0 atom stereocenters. The molecule has 0 unspecified atom stereocenters. The van der Waals surface area contributed by atoms with Crippen molar-refractivity contribution in [2.75, 3.05) is 25.5 Å². The molecule has 19 heavy (non-hydrogen) atoms. The van der Waals surface area contributed by atoms with Gasteiger partial charge in [0.05, 0.1) is 5.69 Å². The summed E-state index contributed by atoms with van der Waals surface area (Å²) in [5.41, 5.74) is -1.15. The van der Waals surface area contributed by atoms with Crippen LogP contribution in [0.5, 0.6) is 0 Å². The topological polar surface area (TPSA) is 50.4 Å². The van der Waals surface area contributed by atoms with Crippen molar-refractivity contribution < 1.29 is 18.3 Å². The van der Waals surface area contributed by atoms with Crippen molar-refractivity contribution in [2.45, 2.75) is 18.4 Å². The number of carbonyl (C=O) groups is 1. The third-order valence-corrected chi connectivity index (χ3v) is 3.42. The van der Waals surface area contributed by atoms with E-state index in [9.17, 15) is 13.6 Å². The van der Waals surface area contributed by atoms with Crippen molar-refractivity contribution in [3.05, 3.63) is 29.8 Å². The van der Waals surface area contributed by atoms with Gasteiger partial charge in [-0.25, -0.2) is 8.78 Å². The number of hydrogen-bond donors (Lipinski definition) is 2. The number of rotatable bonds is 3. The van der Waals surface area contributed by atoms with E-state index in [1.54, 1.807) is 0 Å². The zero-order valence-corrected chi connectivity index (χ0v) is 10.6. The van der Waals surface area contributed by atoms with Gasteiger partial charge in [-0.3, -0.25) is 4.79 Å². The first-order valence-electron chi connectivity index (χ1n) is 6.10. The van der Waals surface area contributed by atoms with Crippen molar-refractivity contribution >= 4 is 11.6 Å². The molecule has 2 rings (SSSR count). The number of ether oxygens (including phenoxy) is 1. The Labute approximate surface area is 110 Å². The lowest BCUT2D eigenvalue weighted by atomic mass is 9.91. The van der Waals surface area contributed by atoms with Gasteiger partial charge in [0, 0.05) is 7.11 Å².